The van der Waals surface area contributed by atoms with Crippen molar-refractivity contribution in [2.75, 3.05) is 5.75 Å². The van der Waals surface area contributed by atoms with Crippen molar-refractivity contribution in [3.05, 3.63) is 41.9 Å². The quantitative estimate of drug-likeness (QED) is 0.435. The van der Waals surface area contributed by atoms with E-state index in [1.54, 1.807) is 6.20 Å². The van der Waals surface area contributed by atoms with E-state index in [2.05, 4.69) is 29.0 Å². The van der Waals surface area contributed by atoms with E-state index in [-0.39, 0.29) is 23.9 Å². The fraction of sp³-hybridized carbons (Fsp3) is 0.368. The van der Waals surface area contributed by atoms with Crippen LogP contribution in [-0.2, 0) is 17.8 Å². The fourth-order valence-electron chi connectivity index (χ4n) is 2.90. The molecule has 0 saturated heterocycles. The van der Waals surface area contributed by atoms with Crippen molar-refractivity contribution < 1.29 is 9.59 Å². The number of fused-ring (bicyclic) bond motifs is 1. The lowest BCUT2D eigenvalue weighted by Gasteiger charge is -2.12. The zero-order valence-electron chi connectivity index (χ0n) is 15.4. The van der Waals surface area contributed by atoms with Gasteiger partial charge in [-0.1, -0.05) is 43.8 Å². The van der Waals surface area contributed by atoms with Crippen LogP contribution in [0.2, 0.25) is 0 Å². The summed E-state index contributed by atoms with van der Waals surface area (Å²) in [5, 5.41) is 10.0. The lowest BCUT2D eigenvalue weighted by Crippen LogP contribution is -2.15. The number of hydrogen-bond donors (Lipinski definition) is 2. The van der Waals surface area contributed by atoms with Crippen LogP contribution in [0.1, 0.15) is 36.5 Å². The summed E-state index contributed by atoms with van der Waals surface area (Å²) in [5.41, 5.74) is 6.88. The summed E-state index contributed by atoms with van der Waals surface area (Å²) in [6, 6.07) is 7.74. The molecule has 3 aromatic rings. The Morgan fingerprint density at radius 2 is 2.04 bits per heavy atom. The molecule has 0 bridgehead atoms. The number of carbonyl (C=O) groups is 2. The number of para-hydroxylation sites is 1. The second-order valence-electron chi connectivity index (χ2n) is 6.83. The minimum absolute atomic E-state index is 0.0373. The van der Waals surface area contributed by atoms with E-state index in [1.807, 2.05) is 28.8 Å². The monoisotopic (exact) mass is 385 g/mol. The second kappa shape index (κ2) is 8.39. The highest BCUT2D eigenvalue weighted by atomic mass is 32.2. The summed E-state index contributed by atoms with van der Waals surface area (Å²) >= 11 is 1.37. The van der Waals surface area contributed by atoms with Crippen LogP contribution < -0.4 is 5.73 Å². The third kappa shape index (κ3) is 4.57. The molecule has 142 valence electrons. The van der Waals surface area contributed by atoms with Gasteiger partial charge in [-0.2, -0.15) is 0 Å². The number of nitrogens with zero attached hydrogens (tertiary/aromatic N) is 3. The van der Waals surface area contributed by atoms with E-state index in [4.69, 9.17) is 5.73 Å². The molecule has 27 heavy (non-hydrogen) atoms. The van der Waals surface area contributed by atoms with Crippen molar-refractivity contribution >= 4 is 34.4 Å². The summed E-state index contributed by atoms with van der Waals surface area (Å²) in [6.45, 7) is 4.93. The number of rotatable bonds is 9. The first kappa shape index (κ1) is 19.2. The Morgan fingerprint density at radius 1 is 1.26 bits per heavy atom. The topological polar surface area (TPSA) is 107 Å². The predicted octanol–water partition coefficient (Wildman–Crippen LogP) is 2.81. The number of primary amides is 1. The molecule has 0 aliphatic carbocycles. The number of carbonyl (C=O) groups excluding carboxylic acids is 2. The average molecular weight is 385 g/mol. The average Bonchev–Trinajstić information content (AvgIpc) is 3.21. The minimum atomic E-state index is -0.363. The number of H-pyrrole nitrogens is 1. The Kier molecular flexibility index (Phi) is 5.95. The van der Waals surface area contributed by atoms with Gasteiger partial charge < -0.3 is 15.3 Å². The van der Waals surface area contributed by atoms with E-state index in [0.717, 1.165) is 23.3 Å². The number of amides is 1. The maximum atomic E-state index is 12.7. The number of Topliss-reactive ketones (excluding diaryl/α,β-unsaturated/α-hetero) is 1. The molecule has 0 unspecified atom stereocenters. The molecule has 0 spiro atoms. The zero-order chi connectivity index (χ0) is 19.4. The largest absolute Gasteiger partial charge is 0.370 e. The highest BCUT2D eigenvalue weighted by Gasteiger charge is 2.17. The number of hydrogen-bond acceptors (Lipinski definition) is 5. The zero-order valence-corrected chi connectivity index (χ0v) is 16.3. The van der Waals surface area contributed by atoms with Gasteiger partial charge in [-0.25, -0.2) is 0 Å². The number of aryl methyl sites for hydroxylation is 1. The Labute approximate surface area is 161 Å². The maximum absolute atomic E-state index is 12.7. The van der Waals surface area contributed by atoms with Crippen molar-refractivity contribution in [3.8, 4) is 0 Å². The molecule has 2 aromatic heterocycles. The highest BCUT2D eigenvalue weighted by molar-refractivity contribution is 7.99. The first-order valence-electron chi connectivity index (χ1n) is 8.88. The molecule has 2 heterocycles. The smallest absolute Gasteiger partial charge is 0.217 e. The first-order chi connectivity index (χ1) is 13.0. The molecular formula is C19H23N5O2S. The highest BCUT2D eigenvalue weighted by Crippen LogP contribution is 2.23. The summed E-state index contributed by atoms with van der Waals surface area (Å²) < 4.78 is 1.99. The Morgan fingerprint density at radius 3 is 2.78 bits per heavy atom. The SMILES string of the molecule is CC(C)Cn1c(CCC(N)=O)nnc1SCC(=O)c1c[nH]c2ccccc12. The number of thioether (sulfide) groups is 1. The van der Waals surface area contributed by atoms with Crippen molar-refractivity contribution in [3.63, 3.8) is 0 Å². The van der Waals surface area contributed by atoms with Gasteiger partial charge >= 0.3 is 0 Å². The van der Waals surface area contributed by atoms with Crippen LogP contribution in [-0.4, -0.2) is 37.2 Å². The van der Waals surface area contributed by atoms with Gasteiger partial charge in [-0.3, -0.25) is 9.59 Å². The van der Waals surface area contributed by atoms with Gasteiger partial charge in [0.2, 0.25) is 5.91 Å². The summed E-state index contributed by atoms with van der Waals surface area (Å²) in [5.74, 6) is 1.06. The van der Waals surface area contributed by atoms with E-state index in [9.17, 15) is 9.59 Å². The van der Waals surface area contributed by atoms with E-state index in [0.29, 0.717) is 23.1 Å². The number of ketones is 1. The molecule has 0 aliphatic rings. The molecule has 3 N–H and O–H groups in total. The van der Waals surface area contributed by atoms with Gasteiger partial charge in [-0.15, -0.1) is 10.2 Å². The normalized spacial score (nSPS) is 11.4. The lowest BCUT2D eigenvalue weighted by molar-refractivity contribution is -0.118. The third-order valence-electron chi connectivity index (χ3n) is 4.16. The fourth-order valence-corrected chi connectivity index (χ4v) is 3.75. The molecule has 7 nitrogen and oxygen atoms in total. The van der Waals surface area contributed by atoms with Gasteiger partial charge in [-0.05, 0) is 12.0 Å². The van der Waals surface area contributed by atoms with Crippen LogP contribution in [0.4, 0.5) is 0 Å². The maximum Gasteiger partial charge on any atom is 0.217 e. The molecule has 0 fully saturated rings. The molecule has 0 atom stereocenters. The van der Waals surface area contributed by atoms with Crippen LogP contribution >= 0.6 is 11.8 Å². The van der Waals surface area contributed by atoms with Gasteiger partial charge in [0, 0.05) is 42.0 Å². The van der Waals surface area contributed by atoms with Crippen LogP contribution in [0.15, 0.2) is 35.6 Å². The van der Waals surface area contributed by atoms with Crippen LogP contribution in [0, 0.1) is 5.92 Å². The number of benzene rings is 1. The van der Waals surface area contributed by atoms with Crippen molar-refractivity contribution in [1.29, 1.82) is 0 Å². The standard InChI is InChI=1S/C19H23N5O2S/c1-12(2)10-24-18(8-7-17(20)26)22-23-19(24)27-11-16(25)14-9-21-15-6-4-3-5-13(14)15/h3-6,9,12,21H,7-8,10-11H2,1-2H3,(H2,20,26). The molecule has 8 heteroatoms. The summed E-state index contributed by atoms with van der Waals surface area (Å²) in [7, 11) is 0. The van der Waals surface area contributed by atoms with E-state index < -0.39 is 0 Å². The first-order valence-corrected chi connectivity index (χ1v) is 9.86. The molecule has 1 aromatic carbocycles. The summed E-state index contributed by atoms with van der Waals surface area (Å²) in [6.07, 6.45) is 2.44. The van der Waals surface area contributed by atoms with Crippen molar-refractivity contribution in [2.24, 2.45) is 11.7 Å². The number of aromatic amines is 1. The molecule has 3 rings (SSSR count). The van der Waals surface area contributed by atoms with Crippen molar-refractivity contribution in [1.82, 2.24) is 19.7 Å². The number of aromatic nitrogens is 4. The predicted molar refractivity (Wildman–Crippen MR) is 106 cm³/mol. The van der Waals surface area contributed by atoms with Gasteiger partial charge in [0.25, 0.3) is 0 Å². The van der Waals surface area contributed by atoms with Gasteiger partial charge in [0.05, 0.1) is 5.75 Å². The number of nitrogens with one attached hydrogen (secondary N) is 1. The second-order valence-corrected chi connectivity index (χ2v) is 7.77. The lowest BCUT2D eigenvalue weighted by atomic mass is 10.1. The van der Waals surface area contributed by atoms with Crippen molar-refractivity contribution in [2.45, 2.75) is 38.4 Å². The molecule has 0 saturated carbocycles. The van der Waals surface area contributed by atoms with Crippen LogP contribution in [0.5, 0.6) is 0 Å². The third-order valence-corrected chi connectivity index (χ3v) is 5.12. The Hall–Kier alpha value is -2.61. The molecule has 0 radical (unpaired) electrons. The van der Waals surface area contributed by atoms with E-state index in [1.165, 1.54) is 11.8 Å². The molecule has 1 amide bonds. The van der Waals surface area contributed by atoms with Gasteiger partial charge in [0.1, 0.15) is 5.82 Å². The van der Waals surface area contributed by atoms with Crippen LogP contribution in [0.25, 0.3) is 10.9 Å². The minimum Gasteiger partial charge on any atom is -0.370 e. The van der Waals surface area contributed by atoms with Crippen LogP contribution in [0.3, 0.4) is 0 Å². The molecule has 0 aliphatic heterocycles. The molecular weight excluding hydrogens is 362 g/mol. The van der Waals surface area contributed by atoms with E-state index >= 15 is 0 Å². The number of nitrogens with two attached hydrogens (primary N) is 1. The Balaban J connectivity index is 1.74. The summed E-state index contributed by atoms with van der Waals surface area (Å²) in [4.78, 5) is 26.9. The Bertz CT molecular complexity index is 960. The van der Waals surface area contributed by atoms with Gasteiger partial charge in [0.15, 0.2) is 10.9 Å².